The SMILES string of the molecule is CS(=O)(=O)CCCOc1ccc(CBr)cc1C(F)(F)F. The summed E-state index contributed by atoms with van der Waals surface area (Å²) in [6, 6.07) is 3.79. The molecule has 0 spiro atoms. The van der Waals surface area contributed by atoms with Crippen molar-refractivity contribution in [1.82, 2.24) is 0 Å². The Morgan fingerprint density at radius 2 is 1.95 bits per heavy atom. The van der Waals surface area contributed by atoms with Crippen LogP contribution in [0.15, 0.2) is 18.2 Å². The van der Waals surface area contributed by atoms with E-state index < -0.39 is 21.6 Å². The maximum absolute atomic E-state index is 12.9. The summed E-state index contributed by atoms with van der Waals surface area (Å²) in [6.07, 6.45) is -3.29. The van der Waals surface area contributed by atoms with Crippen molar-refractivity contribution < 1.29 is 26.3 Å². The zero-order valence-corrected chi connectivity index (χ0v) is 13.1. The van der Waals surface area contributed by atoms with Gasteiger partial charge in [0.25, 0.3) is 0 Å². The predicted molar refractivity (Wildman–Crippen MR) is 73.9 cm³/mol. The van der Waals surface area contributed by atoms with Crippen molar-refractivity contribution in [3.05, 3.63) is 29.3 Å². The molecular formula is C12H14BrF3O3S. The van der Waals surface area contributed by atoms with Gasteiger partial charge in [-0.15, -0.1) is 0 Å². The van der Waals surface area contributed by atoms with E-state index in [0.29, 0.717) is 10.9 Å². The van der Waals surface area contributed by atoms with Crippen LogP contribution in [0.2, 0.25) is 0 Å². The van der Waals surface area contributed by atoms with Gasteiger partial charge in [0.05, 0.1) is 17.9 Å². The number of halogens is 4. The largest absolute Gasteiger partial charge is 0.493 e. The van der Waals surface area contributed by atoms with Crippen LogP contribution in [-0.4, -0.2) is 27.0 Å². The van der Waals surface area contributed by atoms with Gasteiger partial charge in [0.1, 0.15) is 15.6 Å². The van der Waals surface area contributed by atoms with Crippen LogP contribution >= 0.6 is 15.9 Å². The molecule has 0 bridgehead atoms. The number of sulfone groups is 1. The van der Waals surface area contributed by atoms with Crippen LogP contribution in [-0.2, 0) is 21.3 Å². The lowest BCUT2D eigenvalue weighted by Gasteiger charge is -2.14. The second-order valence-corrected chi connectivity index (χ2v) is 7.11. The zero-order chi connectivity index (χ0) is 15.4. The Labute approximate surface area is 124 Å². The number of ether oxygens (including phenoxy) is 1. The van der Waals surface area contributed by atoms with Gasteiger partial charge in [0.15, 0.2) is 0 Å². The lowest BCUT2D eigenvalue weighted by Crippen LogP contribution is -2.12. The molecule has 0 N–H and O–H groups in total. The molecule has 1 aromatic rings. The minimum Gasteiger partial charge on any atom is -0.493 e. The maximum atomic E-state index is 12.9. The minimum absolute atomic E-state index is 0.0796. The smallest absolute Gasteiger partial charge is 0.419 e. The lowest BCUT2D eigenvalue weighted by molar-refractivity contribution is -0.139. The van der Waals surface area contributed by atoms with E-state index in [1.165, 1.54) is 12.1 Å². The van der Waals surface area contributed by atoms with E-state index >= 15 is 0 Å². The first-order chi connectivity index (χ1) is 9.13. The summed E-state index contributed by atoms with van der Waals surface area (Å²) in [4.78, 5) is 0. The molecule has 0 unspecified atom stereocenters. The van der Waals surface area contributed by atoms with Gasteiger partial charge in [-0.1, -0.05) is 22.0 Å². The highest BCUT2D eigenvalue weighted by molar-refractivity contribution is 9.08. The molecule has 0 atom stereocenters. The van der Waals surface area contributed by atoms with E-state index in [-0.39, 0.29) is 24.5 Å². The second kappa shape index (κ2) is 6.80. The van der Waals surface area contributed by atoms with Gasteiger partial charge in [0.2, 0.25) is 0 Å². The molecule has 0 aliphatic carbocycles. The van der Waals surface area contributed by atoms with Crippen molar-refractivity contribution >= 4 is 25.8 Å². The summed E-state index contributed by atoms with van der Waals surface area (Å²) < 4.78 is 65.5. The van der Waals surface area contributed by atoms with Crippen molar-refractivity contribution in [2.24, 2.45) is 0 Å². The minimum atomic E-state index is -4.51. The fourth-order valence-electron chi connectivity index (χ4n) is 1.51. The summed E-state index contributed by atoms with van der Waals surface area (Å²) in [6.45, 7) is -0.0796. The van der Waals surface area contributed by atoms with Crippen LogP contribution in [0.3, 0.4) is 0 Å². The molecular weight excluding hydrogens is 361 g/mol. The first kappa shape index (κ1) is 17.3. The topological polar surface area (TPSA) is 43.4 Å². The van der Waals surface area contributed by atoms with Crippen LogP contribution in [0.5, 0.6) is 5.75 Å². The summed E-state index contributed by atoms with van der Waals surface area (Å²) in [5.74, 6) is -0.399. The first-order valence-corrected chi connectivity index (χ1v) is 8.88. The number of alkyl halides is 4. The summed E-state index contributed by atoms with van der Waals surface area (Å²) in [5, 5.41) is 0.310. The molecule has 0 fully saturated rings. The van der Waals surface area contributed by atoms with Crippen molar-refractivity contribution in [3.63, 3.8) is 0 Å². The van der Waals surface area contributed by atoms with Crippen LogP contribution < -0.4 is 4.74 Å². The molecule has 0 heterocycles. The Bertz CT molecular complexity index is 556. The monoisotopic (exact) mass is 374 g/mol. The quantitative estimate of drug-likeness (QED) is 0.566. The van der Waals surface area contributed by atoms with Crippen LogP contribution in [0.25, 0.3) is 0 Å². The number of rotatable bonds is 6. The van der Waals surface area contributed by atoms with E-state index in [1.807, 2.05) is 0 Å². The molecule has 8 heteroatoms. The molecule has 0 saturated heterocycles. The fraction of sp³-hybridized carbons (Fsp3) is 0.500. The van der Waals surface area contributed by atoms with Crippen molar-refractivity contribution in [2.75, 3.05) is 18.6 Å². The van der Waals surface area contributed by atoms with Crippen LogP contribution in [0, 0.1) is 0 Å². The molecule has 0 radical (unpaired) electrons. The number of hydrogen-bond donors (Lipinski definition) is 0. The Hall–Kier alpha value is -0.760. The second-order valence-electron chi connectivity index (χ2n) is 4.29. The average Bonchev–Trinajstić information content (AvgIpc) is 2.32. The molecule has 1 rings (SSSR count). The van der Waals surface area contributed by atoms with Gasteiger partial charge in [-0.3, -0.25) is 0 Å². The summed E-state index contributed by atoms with van der Waals surface area (Å²) in [7, 11) is -3.14. The third-order valence-corrected chi connectivity index (χ3v) is 4.10. The van der Waals surface area contributed by atoms with Crippen LogP contribution in [0.1, 0.15) is 17.5 Å². The molecule has 114 valence electrons. The highest BCUT2D eigenvalue weighted by atomic mass is 79.9. The highest BCUT2D eigenvalue weighted by Gasteiger charge is 2.34. The fourth-order valence-corrected chi connectivity index (χ4v) is 2.50. The van der Waals surface area contributed by atoms with E-state index in [2.05, 4.69) is 15.9 Å². The van der Waals surface area contributed by atoms with Gasteiger partial charge in [-0.2, -0.15) is 13.2 Å². The van der Waals surface area contributed by atoms with Gasteiger partial charge in [-0.25, -0.2) is 8.42 Å². The molecule has 0 saturated carbocycles. The molecule has 0 aliphatic heterocycles. The van der Waals surface area contributed by atoms with E-state index in [4.69, 9.17) is 4.74 Å². The average molecular weight is 375 g/mol. The Balaban J connectivity index is 2.79. The summed E-state index contributed by atoms with van der Waals surface area (Å²) >= 11 is 3.09. The van der Waals surface area contributed by atoms with Crippen molar-refractivity contribution in [2.45, 2.75) is 17.9 Å². The molecule has 3 nitrogen and oxygen atoms in total. The van der Waals surface area contributed by atoms with Gasteiger partial charge < -0.3 is 4.74 Å². The highest BCUT2D eigenvalue weighted by Crippen LogP contribution is 2.37. The Morgan fingerprint density at radius 1 is 1.30 bits per heavy atom. The number of benzene rings is 1. The van der Waals surface area contributed by atoms with E-state index in [1.54, 1.807) is 0 Å². The standard InChI is InChI=1S/C12H14BrF3O3S/c1-20(17,18)6-2-5-19-11-4-3-9(8-13)7-10(11)12(14,15)16/h3-4,7H,2,5-6,8H2,1H3. The third-order valence-electron chi connectivity index (χ3n) is 2.42. The third kappa shape index (κ3) is 5.70. The maximum Gasteiger partial charge on any atom is 0.419 e. The van der Waals surface area contributed by atoms with E-state index in [9.17, 15) is 21.6 Å². The Kier molecular flexibility index (Phi) is 5.88. The van der Waals surface area contributed by atoms with Crippen molar-refractivity contribution in [1.29, 1.82) is 0 Å². The Morgan fingerprint density at radius 3 is 2.45 bits per heavy atom. The zero-order valence-electron chi connectivity index (χ0n) is 10.7. The lowest BCUT2D eigenvalue weighted by atomic mass is 10.1. The molecule has 0 aliphatic rings. The molecule has 0 amide bonds. The van der Waals surface area contributed by atoms with Crippen molar-refractivity contribution in [3.8, 4) is 5.75 Å². The first-order valence-electron chi connectivity index (χ1n) is 5.70. The molecule has 20 heavy (non-hydrogen) atoms. The van der Waals surface area contributed by atoms with Gasteiger partial charge in [-0.05, 0) is 24.1 Å². The molecule has 1 aromatic carbocycles. The molecule has 0 aromatic heterocycles. The van der Waals surface area contributed by atoms with E-state index in [0.717, 1.165) is 12.3 Å². The van der Waals surface area contributed by atoms with Gasteiger partial charge >= 0.3 is 6.18 Å². The van der Waals surface area contributed by atoms with Crippen LogP contribution in [0.4, 0.5) is 13.2 Å². The predicted octanol–water partition coefficient (Wildman–Crippen LogP) is 3.41. The van der Waals surface area contributed by atoms with Gasteiger partial charge in [0, 0.05) is 11.6 Å². The normalized spacial score (nSPS) is 12.4. The summed E-state index contributed by atoms with van der Waals surface area (Å²) in [5.41, 5.74) is -0.366. The number of hydrogen-bond acceptors (Lipinski definition) is 3.